The summed E-state index contributed by atoms with van der Waals surface area (Å²) in [6.45, 7) is 0. The molecule has 4 N–H and O–H groups in total. The van der Waals surface area contributed by atoms with Crippen molar-refractivity contribution in [2.45, 2.75) is 37.5 Å². The van der Waals surface area contributed by atoms with E-state index in [0.717, 1.165) is 12.8 Å². The summed E-state index contributed by atoms with van der Waals surface area (Å²) in [5.74, 6) is -1.42. The highest BCUT2D eigenvalue weighted by Crippen LogP contribution is 2.24. The number of hydrogen-bond acceptors (Lipinski definition) is 3. The van der Waals surface area contributed by atoms with Crippen LogP contribution in [0.4, 0.5) is 0 Å². The predicted molar refractivity (Wildman–Crippen MR) is 33.6 cm³/mol. The molecule has 0 aromatic rings. The Kier molecular flexibility index (Phi) is 1.75. The second-order valence-corrected chi connectivity index (χ2v) is 2.82. The van der Waals surface area contributed by atoms with E-state index in [2.05, 4.69) is 0 Å². The summed E-state index contributed by atoms with van der Waals surface area (Å²) >= 11 is 0. The maximum Gasteiger partial charge on any atom is 0.162 e. The Bertz CT molecular complexity index is 93.2. The fourth-order valence-electron chi connectivity index (χ4n) is 1.10. The summed E-state index contributed by atoms with van der Waals surface area (Å²) in [6.07, 6.45) is 2.31. The van der Waals surface area contributed by atoms with Gasteiger partial charge in [0.1, 0.15) is 0 Å². The molecule has 9 heavy (non-hydrogen) atoms. The van der Waals surface area contributed by atoms with Gasteiger partial charge in [0.15, 0.2) is 5.79 Å². The van der Waals surface area contributed by atoms with E-state index >= 15 is 0 Å². The first-order chi connectivity index (χ1) is 4.10. The third-order valence-electron chi connectivity index (χ3n) is 1.83. The van der Waals surface area contributed by atoms with E-state index in [1.54, 1.807) is 0 Å². The van der Waals surface area contributed by atoms with Crippen LogP contribution in [-0.2, 0) is 0 Å². The number of rotatable bonds is 0. The molecule has 0 unspecified atom stereocenters. The largest absolute Gasteiger partial charge is 0.366 e. The molecule has 3 nitrogen and oxygen atoms in total. The molecule has 0 bridgehead atoms. The highest BCUT2D eigenvalue weighted by molar-refractivity contribution is 4.77. The molecule has 0 aromatic carbocycles. The molecule has 0 heterocycles. The van der Waals surface area contributed by atoms with Gasteiger partial charge in [-0.1, -0.05) is 0 Å². The maximum absolute atomic E-state index is 8.99. The number of aliphatic hydroxyl groups is 2. The van der Waals surface area contributed by atoms with Gasteiger partial charge in [0, 0.05) is 18.9 Å². The molecule has 1 rings (SSSR count). The lowest BCUT2D eigenvalue weighted by molar-refractivity contribution is -0.182. The lowest BCUT2D eigenvalue weighted by Crippen LogP contribution is -2.38. The van der Waals surface area contributed by atoms with Gasteiger partial charge >= 0.3 is 0 Å². The third kappa shape index (κ3) is 1.93. The third-order valence-corrected chi connectivity index (χ3v) is 1.83. The predicted octanol–water partition coefficient (Wildman–Crippen LogP) is -0.431. The molecule has 0 spiro atoms. The normalized spacial score (nSPS) is 28.3. The van der Waals surface area contributed by atoms with Crippen molar-refractivity contribution >= 4 is 0 Å². The smallest absolute Gasteiger partial charge is 0.162 e. The van der Waals surface area contributed by atoms with E-state index in [1.165, 1.54) is 0 Å². The van der Waals surface area contributed by atoms with Crippen molar-refractivity contribution in [2.24, 2.45) is 5.73 Å². The van der Waals surface area contributed by atoms with Crippen LogP contribution >= 0.6 is 0 Å². The highest BCUT2D eigenvalue weighted by Gasteiger charge is 2.28. The molecule has 3 heteroatoms. The van der Waals surface area contributed by atoms with Gasteiger partial charge in [0.25, 0.3) is 0 Å². The SMILES string of the molecule is NC1CCC(O)(O)CC1. The van der Waals surface area contributed by atoms with Crippen LogP contribution in [-0.4, -0.2) is 22.0 Å². The molecule has 1 aliphatic rings. The molecular weight excluding hydrogens is 118 g/mol. The first-order valence-corrected chi connectivity index (χ1v) is 3.30. The summed E-state index contributed by atoms with van der Waals surface area (Å²) in [7, 11) is 0. The average molecular weight is 131 g/mol. The molecule has 0 saturated heterocycles. The molecule has 1 aliphatic carbocycles. The molecule has 0 atom stereocenters. The minimum absolute atomic E-state index is 0.178. The zero-order valence-electron chi connectivity index (χ0n) is 5.38. The van der Waals surface area contributed by atoms with Gasteiger partial charge in [-0.25, -0.2) is 0 Å². The fourth-order valence-corrected chi connectivity index (χ4v) is 1.10. The molecule has 54 valence electrons. The zero-order chi connectivity index (χ0) is 6.91. The Labute approximate surface area is 54.5 Å². The van der Waals surface area contributed by atoms with Crippen molar-refractivity contribution in [1.29, 1.82) is 0 Å². The molecule has 0 radical (unpaired) electrons. The van der Waals surface area contributed by atoms with Crippen LogP contribution in [0.2, 0.25) is 0 Å². The van der Waals surface area contributed by atoms with Crippen LogP contribution in [0.1, 0.15) is 25.7 Å². The summed E-state index contributed by atoms with van der Waals surface area (Å²) in [5, 5.41) is 18.0. The molecule has 0 aliphatic heterocycles. The molecule has 0 aromatic heterocycles. The average Bonchev–Trinajstić information content (AvgIpc) is 1.78. The Hall–Kier alpha value is -0.120. The van der Waals surface area contributed by atoms with Gasteiger partial charge in [0.2, 0.25) is 0 Å². The zero-order valence-corrected chi connectivity index (χ0v) is 5.38. The maximum atomic E-state index is 8.99. The lowest BCUT2D eigenvalue weighted by Gasteiger charge is -2.29. The van der Waals surface area contributed by atoms with Crippen LogP contribution in [0.25, 0.3) is 0 Å². The Balaban J connectivity index is 2.35. The minimum Gasteiger partial charge on any atom is -0.366 e. The van der Waals surface area contributed by atoms with Crippen molar-refractivity contribution < 1.29 is 10.2 Å². The lowest BCUT2D eigenvalue weighted by atomic mass is 9.91. The van der Waals surface area contributed by atoms with Gasteiger partial charge in [-0.15, -0.1) is 0 Å². The fraction of sp³-hybridized carbons (Fsp3) is 1.00. The van der Waals surface area contributed by atoms with Crippen LogP contribution in [0, 0.1) is 0 Å². The quantitative estimate of drug-likeness (QED) is 0.391. The van der Waals surface area contributed by atoms with Gasteiger partial charge in [-0.05, 0) is 12.8 Å². The number of hydrogen-bond donors (Lipinski definition) is 3. The van der Waals surface area contributed by atoms with E-state index < -0.39 is 5.79 Å². The van der Waals surface area contributed by atoms with Crippen LogP contribution < -0.4 is 5.73 Å². The van der Waals surface area contributed by atoms with E-state index in [-0.39, 0.29) is 6.04 Å². The van der Waals surface area contributed by atoms with E-state index in [4.69, 9.17) is 15.9 Å². The monoisotopic (exact) mass is 131 g/mol. The van der Waals surface area contributed by atoms with Gasteiger partial charge in [-0.2, -0.15) is 0 Å². The minimum atomic E-state index is -1.42. The van der Waals surface area contributed by atoms with Crippen molar-refractivity contribution in [1.82, 2.24) is 0 Å². The second kappa shape index (κ2) is 2.25. The second-order valence-electron chi connectivity index (χ2n) is 2.82. The molecule has 1 saturated carbocycles. The van der Waals surface area contributed by atoms with E-state index in [9.17, 15) is 0 Å². The van der Waals surface area contributed by atoms with Crippen LogP contribution in [0.3, 0.4) is 0 Å². The van der Waals surface area contributed by atoms with Gasteiger partial charge in [-0.3, -0.25) is 0 Å². The van der Waals surface area contributed by atoms with Gasteiger partial charge < -0.3 is 15.9 Å². The summed E-state index contributed by atoms with van der Waals surface area (Å²) in [4.78, 5) is 0. The van der Waals surface area contributed by atoms with Crippen molar-refractivity contribution in [3.63, 3.8) is 0 Å². The van der Waals surface area contributed by atoms with Crippen molar-refractivity contribution in [3.8, 4) is 0 Å². The van der Waals surface area contributed by atoms with Crippen LogP contribution in [0.15, 0.2) is 0 Å². The first kappa shape index (κ1) is 6.99. The standard InChI is InChI=1S/C6H13NO2/c7-5-1-3-6(8,9)4-2-5/h5,8-9H,1-4,7H2. The van der Waals surface area contributed by atoms with Crippen molar-refractivity contribution in [2.75, 3.05) is 0 Å². The Morgan fingerprint density at radius 1 is 1.22 bits per heavy atom. The van der Waals surface area contributed by atoms with E-state index in [0.29, 0.717) is 12.8 Å². The summed E-state index contributed by atoms with van der Waals surface area (Å²) < 4.78 is 0. The Morgan fingerprint density at radius 3 is 2.00 bits per heavy atom. The van der Waals surface area contributed by atoms with Gasteiger partial charge in [0.05, 0.1) is 0 Å². The van der Waals surface area contributed by atoms with E-state index in [1.807, 2.05) is 0 Å². The highest BCUT2D eigenvalue weighted by atomic mass is 16.5. The Morgan fingerprint density at radius 2 is 1.67 bits per heavy atom. The summed E-state index contributed by atoms with van der Waals surface area (Å²) in [5.41, 5.74) is 5.53. The van der Waals surface area contributed by atoms with Crippen molar-refractivity contribution in [3.05, 3.63) is 0 Å². The molecule has 0 amide bonds. The first-order valence-electron chi connectivity index (χ1n) is 3.30. The molecule has 1 fully saturated rings. The van der Waals surface area contributed by atoms with Crippen LogP contribution in [0.5, 0.6) is 0 Å². The number of nitrogens with two attached hydrogens (primary N) is 1. The topological polar surface area (TPSA) is 66.5 Å². The molecular formula is C6H13NO2. The summed E-state index contributed by atoms with van der Waals surface area (Å²) in [6, 6.07) is 0.178.